The minimum atomic E-state index is -0.599. The minimum Gasteiger partial charge on any atom is -0.387 e. The predicted molar refractivity (Wildman–Crippen MR) is 99.8 cm³/mol. The zero-order valence-corrected chi connectivity index (χ0v) is 14.5. The number of benzene rings is 2. The van der Waals surface area contributed by atoms with Crippen molar-refractivity contribution in [1.29, 1.82) is 0 Å². The Morgan fingerprint density at radius 3 is 2.54 bits per heavy atom. The third-order valence-corrected chi connectivity index (χ3v) is 4.48. The molecule has 0 aliphatic heterocycles. The average Bonchev–Trinajstić information content (AvgIpc) is 3.00. The molecule has 2 aromatic carbocycles. The Labute approximate surface area is 143 Å². The number of hydrogen-bond acceptors (Lipinski definition) is 1. The highest BCUT2D eigenvalue weighted by Gasteiger charge is 2.20. The van der Waals surface area contributed by atoms with Crippen molar-refractivity contribution < 1.29 is 5.11 Å². The molecule has 3 rings (SSSR count). The monoisotopic (exact) mass is 317 g/mol. The van der Waals surface area contributed by atoms with Crippen molar-refractivity contribution in [3.63, 3.8) is 0 Å². The molecule has 0 bridgehead atoms. The molecular weight excluding hydrogens is 294 g/mol. The van der Waals surface area contributed by atoms with E-state index in [2.05, 4.69) is 48.6 Å². The molecule has 122 valence electrons. The smallest absolute Gasteiger partial charge is 0.0945 e. The van der Waals surface area contributed by atoms with Crippen molar-refractivity contribution in [2.75, 3.05) is 0 Å². The lowest BCUT2D eigenvalue weighted by Crippen LogP contribution is -2.07. The molecule has 0 aliphatic rings. The predicted octanol–water partition coefficient (Wildman–Crippen LogP) is 4.69. The highest BCUT2D eigenvalue weighted by atomic mass is 16.3. The van der Waals surface area contributed by atoms with E-state index >= 15 is 0 Å². The summed E-state index contributed by atoms with van der Waals surface area (Å²) in [4.78, 5) is 0. The molecule has 2 unspecified atom stereocenters. The Kier molecular flexibility index (Phi) is 4.74. The van der Waals surface area contributed by atoms with Crippen LogP contribution in [0.3, 0.4) is 0 Å². The van der Waals surface area contributed by atoms with Crippen LogP contribution in [0.25, 0.3) is 10.9 Å². The first-order valence-corrected chi connectivity index (χ1v) is 8.44. The fourth-order valence-electron chi connectivity index (χ4n) is 3.13. The fourth-order valence-corrected chi connectivity index (χ4v) is 3.13. The average molecular weight is 317 g/mol. The summed E-state index contributed by atoms with van der Waals surface area (Å²) in [6.45, 7) is 7.10. The third-order valence-electron chi connectivity index (χ3n) is 4.48. The number of nitrogens with zero attached hydrogens (tertiary/aromatic N) is 1. The zero-order valence-electron chi connectivity index (χ0n) is 14.5. The van der Waals surface area contributed by atoms with Crippen molar-refractivity contribution in [1.82, 2.24) is 4.57 Å². The highest BCUT2D eigenvalue weighted by Crippen LogP contribution is 2.32. The number of aryl methyl sites for hydroxylation is 2. The quantitative estimate of drug-likeness (QED) is 0.697. The Balaban J connectivity index is 1.96. The second-order valence-electron chi connectivity index (χ2n) is 6.21. The second kappa shape index (κ2) is 6.95. The van der Waals surface area contributed by atoms with Crippen LogP contribution >= 0.6 is 0 Å². The molecule has 0 fully saturated rings. The Morgan fingerprint density at radius 2 is 1.83 bits per heavy atom. The minimum absolute atomic E-state index is 0.137. The van der Waals surface area contributed by atoms with Gasteiger partial charge in [0.05, 0.1) is 11.6 Å². The molecule has 1 N–H and O–H groups in total. The van der Waals surface area contributed by atoms with Crippen molar-refractivity contribution in [2.24, 2.45) is 5.92 Å². The lowest BCUT2D eigenvalue weighted by molar-refractivity contribution is 0.145. The van der Waals surface area contributed by atoms with E-state index in [1.807, 2.05) is 43.3 Å². The van der Waals surface area contributed by atoms with E-state index in [-0.39, 0.29) is 5.92 Å². The van der Waals surface area contributed by atoms with Crippen molar-refractivity contribution in [3.05, 3.63) is 71.4 Å². The van der Waals surface area contributed by atoms with Gasteiger partial charge in [0.15, 0.2) is 0 Å². The van der Waals surface area contributed by atoms with E-state index in [0.717, 1.165) is 23.1 Å². The van der Waals surface area contributed by atoms with Gasteiger partial charge >= 0.3 is 0 Å². The molecule has 0 saturated heterocycles. The number of aliphatic hydroxyl groups excluding tert-OH is 1. The van der Waals surface area contributed by atoms with E-state index < -0.39 is 6.10 Å². The largest absolute Gasteiger partial charge is 0.387 e. The molecule has 0 aliphatic carbocycles. The fraction of sp³-hybridized carbons (Fsp3) is 0.273. The van der Waals surface area contributed by atoms with Crippen LogP contribution in [0, 0.1) is 24.7 Å². The molecule has 2 heteroatoms. The number of aliphatic hydroxyl groups is 1. The molecule has 3 aromatic rings. The molecule has 1 heterocycles. The summed E-state index contributed by atoms with van der Waals surface area (Å²) in [5.41, 5.74) is 4.38. The van der Waals surface area contributed by atoms with Gasteiger partial charge in [0.2, 0.25) is 0 Å². The normalized spacial score (nSPS) is 13.3. The Hall–Kier alpha value is -2.50. The van der Waals surface area contributed by atoms with Gasteiger partial charge in [-0.2, -0.15) is 0 Å². The lowest BCUT2D eigenvalue weighted by Gasteiger charge is -2.13. The topological polar surface area (TPSA) is 25.2 Å². The summed E-state index contributed by atoms with van der Waals surface area (Å²) < 4.78 is 2.21. The van der Waals surface area contributed by atoms with Crippen LogP contribution in [-0.4, -0.2) is 9.67 Å². The number of para-hydroxylation sites is 1. The Morgan fingerprint density at radius 1 is 1.08 bits per heavy atom. The summed E-state index contributed by atoms with van der Waals surface area (Å²) in [6, 6.07) is 16.1. The molecular formula is C22H23NO. The summed E-state index contributed by atoms with van der Waals surface area (Å²) in [6.07, 6.45) is 1.47. The van der Waals surface area contributed by atoms with Crippen LogP contribution in [0.2, 0.25) is 0 Å². The van der Waals surface area contributed by atoms with Gasteiger partial charge in [0.1, 0.15) is 0 Å². The molecule has 0 spiro atoms. The molecule has 2 atom stereocenters. The maximum absolute atomic E-state index is 10.8. The van der Waals surface area contributed by atoms with Gasteiger partial charge < -0.3 is 9.67 Å². The molecule has 1 aromatic heterocycles. The first-order valence-electron chi connectivity index (χ1n) is 8.44. The standard InChI is InChI=1S/C22H23NO/c1-4-23-15-20(19-12-8-9-16(2)21(19)23)22(24)17(3)13-14-18-10-6-5-7-11-18/h5-12,15,17,22,24H,4H2,1-3H3. The summed E-state index contributed by atoms with van der Waals surface area (Å²) in [5, 5.41) is 12.0. The first-order chi connectivity index (χ1) is 11.6. The number of fused-ring (bicyclic) bond motifs is 1. The molecule has 24 heavy (non-hydrogen) atoms. The molecule has 0 radical (unpaired) electrons. The van der Waals surface area contributed by atoms with Gasteiger partial charge in [-0.25, -0.2) is 0 Å². The van der Waals surface area contributed by atoms with Crippen molar-refractivity contribution in [2.45, 2.75) is 33.4 Å². The summed E-state index contributed by atoms with van der Waals surface area (Å²) in [5.74, 6) is 6.22. The van der Waals surface area contributed by atoms with Crippen LogP contribution in [-0.2, 0) is 6.54 Å². The van der Waals surface area contributed by atoms with Gasteiger partial charge in [-0.1, -0.05) is 48.2 Å². The van der Waals surface area contributed by atoms with E-state index in [0.29, 0.717) is 0 Å². The summed E-state index contributed by atoms with van der Waals surface area (Å²) in [7, 11) is 0. The molecule has 0 amide bonds. The molecule has 2 nitrogen and oxygen atoms in total. The second-order valence-corrected chi connectivity index (χ2v) is 6.21. The first kappa shape index (κ1) is 16.4. The van der Waals surface area contributed by atoms with E-state index in [1.165, 1.54) is 11.1 Å². The van der Waals surface area contributed by atoms with Crippen molar-refractivity contribution >= 4 is 10.9 Å². The van der Waals surface area contributed by atoms with E-state index in [9.17, 15) is 5.11 Å². The van der Waals surface area contributed by atoms with Gasteiger partial charge in [-0.3, -0.25) is 0 Å². The number of hydrogen-bond donors (Lipinski definition) is 1. The van der Waals surface area contributed by atoms with Crippen LogP contribution in [0.15, 0.2) is 54.7 Å². The van der Waals surface area contributed by atoms with E-state index in [1.54, 1.807) is 0 Å². The Bertz CT molecular complexity index is 896. The van der Waals surface area contributed by atoms with Gasteiger partial charge in [0.25, 0.3) is 0 Å². The van der Waals surface area contributed by atoms with Crippen molar-refractivity contribution in [3.8, 4) is 11.8 Å². The number of aromatic nitrogens is 1. The molecule has 0 saturated carbocycles. The maximum atomic E-state index is 10.8. The van der Waals surface area contributed by atoms with Gasteiger partial charge in [-0.05, 0) is 38.5 Å². The van der Waals surface area contributed by atoms with Crippen LogP contribution in [0.1, 0.15) is 36.6 Å². The summed E-state index contributed by atoms with van der Waals surface area (Å²) >= 11 is 0. The van der Waals surface area contributed by atoms with E-state index in [4.69, 9.17) is 0 Å². The van der Waals surface area contributed by atoms with Crippen LogP contribution in [0.5, 0.6) is 0 Å². The SMILES string of the molecule is CCn1cc(C(O)C(C)C#Cc2ccccc2)c2cccc(C)c21. The number of rotatable bonds is 3. The zero-order chi connectivity index (χ0) is 17.1. The third kappa shape index (κ3) is 3.09. The van der Waals surface area contributed by atoms with Gasteiger partial charge in [-0.15, -0.1) is 0 Å². The van der Waals surface area contributed by atoms with Crippen LogP contribution in [0.4, 0.5) is 0 Å². The van der Waals surface area contributed by atoms with Gasteiger partial charge in [0, 0.05) is 35.2 Å². The lowest BCUT2D eigenvalue weighted by atomic mass is 9.96. The van der Waals surface area contributed by atoms with Crippen LogP contribution < -0.4 is 0 Å². The maximum Gasteiger partial charge on any atom is 0.0945 e. The highest BCUT2D eigenvalue weighted by molar-refractivity contribution is 5.87.